The second-order valence-electron chi connectivity index (χ2n) is 5.42. The third-order valence-corrected chi connectivity index (χ3v) is 4.33. The summed E-state index contributed by atoms with van der Waals surface area (Å²) in [6, 6.07) is 16.0. The Morgan fingerprint density at radius 2 is 1.68 bits per heavy atom. The molecule has 112 valence electrons. The minimum atomic E-state index is -1.33. The average molecular weight is 315 g/mol. The van der Waals surface area contributed by atoms with Crippen molar-refractivity contribution in [2.75, 3.05) is 0 Å². The van der Waals surface area contributed by atoms with Crippen molar-refractivity contribution in [3.05, 3.63) is 86.6 Å². The number of hydrogen-bond acceptors (Lipinski definition) is 3. The summed E-state index contributed by atoms with van der Waals surface area (Å²) in [5.74, 6) is 0. The second kappa shape index (κ2) is 5.23. The third-order valence-electron chi connectivity index (χ3n) is 4.08. The van der Waals surface area contributed by atoms with E-state index in [0.29, 0.717) is 22.0 Å². The van der Waals surface area contributed by atoms with Gasteiger partial charge in [-0.25, -0.2) is 0 Å². The summed E-state index contributed by atoms with van der Waals surface area (Å²) in [7, 11) is 0. The number of hydroxylamine groups is 2. The van der Waals surface area contributed by atoms with Crippen LogP contribution < -0.4 is 0 Å². The van der Waals surface area contributed by atoms with Crippen LogP contribution >= 0.6 is 11.6 Å². The average Bonchev–Trinajstić information content (AvgIpc) is 2.71. The molecule has 0 aromatic heterocycles. The molecule has 1 aliphatic heterocycles. The zero-order chi connectivity index (χ0) is 15.9. The van der Waals surface area contributed by atoms with Crippen molar-refractivity contribution < 1.29 is 4.76 Å². The molecule has 1 aliphatic rings. The number of hydrogen-bond donors (Lipinski definition) is 0. The fourth-order valence-corrected chi connectivity index (χ4v) is 2.92. The van der Waals surface area contributed by atoms with Crippen molar-refractivity contribution in [1.29, 1.82) is 0 Å². The molecule has 1 heterocycles. The first-order valence-corrected chi connectivity index (χ1v) is 7.31. The summed E-state index contributed by atoms with van der Waals surface area (Å²) in [6.07, 6.45) is 0. The lowest BCUT2D eigenvalue weighted by Gasteiger charge is -2.35. The molecule has 22 heavy (non-hydrogen) atoms. The molecule has 4 nitrogen and oxygen atoms in total. The van der Waals surface area contributed by atoms with Crippen molar-refractivity contribution >= 4 is 17.3 Å². The van der Waals surface area contributed by atoms with Gasteiger partial charge in [0, 0.05) is 22.4 Å². The topological polar surface area (TPSA) is 46.4 Å². The van der Waals surface area contributed by atoms with Crippen LogP contribution in [-0.2, 0) is 5.66 Å². The van der Waals surface area contributed by atoms with Gasteiger partial charge in [0.25, 0.3) is 5.70 Å². The molecule has 0 saturated carbocycles. The van der Waals surface area contributed by atoms with Crippen molar-refractivity contribution in [3.8, 4) is 0 Å². The molecule has 1 unspecified atom stereocenters. The van der Waals surface area contributed by atoms with Gasteiger partial charge in [0.05, 0.1) is 16.0 Å². The van der Waals surface area contributed by atoms with E-state index < -0.39 is 5.66 Å². The van der Waals surface area contributed by atoms with Gasteiger partial charge < -0.3 is 10.3 Å². The van der Waals surface area contributed by atoms with Crippen LogP contribution in [0.5, 0.6) is 0 Å². The monoisotopic (exact) mass is 314 g/mol. The summed E-state index contributed by atoms with van der Waals surface area (Å²) in [6.45, 7) is 3.29. The molecule has 2 aromatic carbocycles. The minimum Gasteiger partial charge on any atom is -0.753 e. The Balaban J connectivity index is 2.11. The number of allylic oxidation sites excluding steroid dienone is 1. The largest absolute Gasteiger partial charge is 0.753 e. The Labute approximate surface area is 133 Å². The zero-order valence-electron chi connectivity index (χ0n) is 12.3. The third kappa shape index (κ3) is 2.03. The Hall–Kier alpha value is -2.17. The summed E-state index contributed by atoms with van der Waals surface area (Å²) in [4.78, 5) is 12.9. The lowest BCUT2D eigenvalue weighted by atomic mass is 10.0. The number of nitrogens with zero attached hydrogens (tertiary/aromatic N) is 2. The van der Waals surface area contributed by atoms with E-state index in [1.165, 1.54) is 0 Å². The molecule has 0 bridgehead atoms. The lowest BCUT2D eigenvalue weighted by molar-refractivity contribution is -0.565. The van der Waals surface area contributed by atoms with Gasteiger partial charge in [-0.1, -0.05) is 29.8 Å². The molecule has 2 aromatic rings. The van der Waals surface area contributed by atoms with Gasteiger partial charge in [-0.3, -0.25) is 0 Å². The lowest BCUT2D eigenvalue weighted by Crippen LogP contribution is -2.41. The SMILES string of the molecule is CC1=C(c2ccccc2)[N+](=O)C(C)(c2ccc(Cl)cc2)N1[O-]. The summed E-state index contributed by atoms with van der Waals surface area (Å²) >= 11 is 5.90. The van der Waals surface area contributed by atoms with Crippen molar-refractivity contribution in [2.45, 2.75) is 19.5 Å². The molecule has 0 saturated heterocycles. The predicted molar refractivity (Wildman–Crippen MR) is 86.7 cm³/mol. The van der Waals surface area contributed by atoms with E-state index in [-0.39, 0.29) is 0 Å². The van der Waals surface area contributed by atoms with Crippen LogP contribution in [0.3, 0.4) is 0 Å². The number of halogens is 1. The first-order chi connectivity index (χ1) is 10.5. The van der Waals surface area contributed by atoms with Crippen LogP contribution in [0.25, 0.3) is 5.70 Å². The van der Waals surface area contributed by atoms with Crippen LogP contribution in [0.2, 0.25) is 5.02 Å². The maximum absolute atomic E-state index is 12.9. The normalized spacial score (nSPS) is 21.6. The van der Waals surface area contributed by atoms with Crippen LogP contribution in [0.1, 0.15) is 25.0 Å². The van der Waals surface area contributed by atoms with Crippen LogP contribution in [0.15, 0.2) is 60.3 Å². The molecule has 1 atom stereocenters. The maximum Gasteiger partial charge on any atom is 0.306 e. The van der Waals surface area contributed by atoms with Gasteiger partial charge in [-0.05, 0) is 43.3 Å². The van der Waals surface area contributed by atoms with Crippen molar-refractivity contribution in [2.24, 2.45) is 0 Å². The standard InChI is InChI=1S/C17H15ClN2O2/c1-12-16(13-6-4-3-5-7-13)20(22)17(2,19(12)21)14-8-10-15(18)11-9-14/h3-11H,1-2H3. The molecule has 0 aliphatic carbocycles. The molecule has 0 N–H and O–H groups in total. The molecular weight excluding hydrogens is 300 g/mol. The smallest absolute Gasteiger partial charge is 0.306 e. The highest BCUT2D eigenvalue weighted by atomic mass is 35.5. The van der Waals surface area contributed by atoms with Crippen molar-refractivity contribution in [1.82, 2.24) is 5.06 Å². The maximum atomic E-state index is 12.9. The highest BCUT2D eigenvalue weighted by molar-refractivity contribution is 6.30. The summed E-state index contributed by atoms with van der Waals surface area (Å²) in [5.41, 5.74) is 0.798. The zero-order valence-corrected chi connectivity index (χ0v) is 13.0. The van der Waals surface area contributed by atoms with Gasteiger partial charge in [0.15, 0.2) is 0 Å². The predicted octanol–water partition coefficient (Wildman–Crippen LogP) is 4.49. The number of benzene rings is 2. The Kier molecular flexibility index (Phi) is 3.51. The molecular formula is C17H15ClN2O2. The first kappa shape index (κ1) is 14.8. The molecule has 5 heteroatoms. The summed E-state index contributed by atoms with van der Waals surface area (Å²) in [5, 5.41) is 14.0. The van der Waals surface area contributed by atoms with Gasteiger partial charge in [-0.2, -0.15) is 0 Å². The first-order valence-electron chi connectivity index (χ1n) is 6.93. The van der Waals surface area contributed by atoms with E-state index >= 15 is 0 Å². The quantitative estimate of drug-likeness (QED) is 0.767. The molecule has 0 radical (unpaired) electrons. The summed E-state index contributed by atoms with van der Waals surface area (Å²) < 4.78 is 0.786. The minimum absolute atomic E-state index is 0.396. The Morgan fingerprint density at radius 1 is 1.09 bits per heavy atom. The van der Waals surface area contributed by atoms with Crippen LogP contribution in [0.4, 0.5) is 0 Å². The van der Waals surface area contributed by atoms with E-state index in [1.54, 1.807) is 38.1 Å². The van der Waals surface area contributed by atoms with Crippen LogP contribution in [0, 0.1) is 10.1 Å². The highest BCUT2D eigenvalue weighted by Gasteiger charge is 2.54. The van der Waals surface area contributed by atoms with Gasteiger partial charge in [0.2, 0.25) is 0 Å². The molecule has 0 spiro atoms. The van der Waals surface area contributed by atoms with Gasteiger partial charge in [-0.15, -0.1) is 0 Å². The van der Waals surface area contributed by atoms with E-state index in [9.17, 15) is 10.1 Å². The van der Waals surface area contributed by atoms with E-state index in [1.807, 2.05) is 30.3 Å². The fraction of sp³-hybridized carbons (Fsp3) is 0.176. The number of nitroso groups, excluding NO2 is 1. The Bertz CT molecular complexity index is 756. The molecule has 0 amide bonds. The van der Waals surface area contributed by atoms with Gasteiger partial charge >= 0.3 is 5.66 Å². The number of rotatable bonds is 2. The highest BCUT2D eigenvalue weighted by Crippen LogP contribution is 2.43. The van der Waals surface area contributed by atoms with Crippen molar-refractivity contribution in [3.63, 3.8) is 0 Å². The van der Waals surface area contributed by atoms with E-state index in [4.69, 9.17) is 11.6 Å². The fourth-order valence-electron chi connectivity index (χ4n) is 2.79. The Morgan fingerprint density at radius 3 is 2.27 bits per heavy atom. The van der Waals surface area contributed by atoms with E-state index in [0.717, 1.165) is 15.4 Å². The van der Waals surface area contributed by atoms with E-state index in [2.05, 4.69) is 0 Å². The molecule has 3 rings (SSSR count). The molecule has 0 fully saturated rings. The van der Waals surface area contributed by atoms with Gasteiger partial charge in [0.1, 0.15) is 0 Å². The van der Waals surface area contributed by atoms with Crippen LogP contribution in [-0.4, -0.2) is 9.82 Å². The second-order valence-corrected chi connectivity index (χ2v) is 5.85.